The van der Waals surface area contributed by atoms with E-state index in [1.165, 1.54) is 6.92 Å². The largest absolute Gasteiger partial charge is 0.464 e. The number of carbonyl (C=O) groups is 3. The van der Waals surface area contributed by atoms with Crippen LogP contribution in [0.1, 0.15) is 26.2 Å². The molecule has 0 saturated carbocycles. The molecule has 0 aromatic carbocycles. The van der Waals surface area contributed by atoms with Crippen molar-refractivity contribution in [1.82, 2.24) is 10.6 Å². The maximum Gasteiger partial charge on any atom is 0.460 e. The summed E-state index contributed by atoms with van der Waals surface area (Å²) in [7, 11) is 0. The fourth-order valence-corrected chi connectivity index (χ4v) is 2.06. The summed E-state index contributed by atoms with van der Waals surface area (Å²) in [5.41, 5.74) is 0. The van der Waals surface area contributed by atoms with E-state index in [9.17, 15) is 75.8 Å². The number of rotatable bonds is 12. The van der Waals surface area contributed by atoms with E-state index in [0.29, 0.717) is 0 Å². The number of hydrogen-bond donors (Lipinski definition) is 2. The fraction of sp³-hybridized carbons (Fsp3) is 0.812. The molecule has 0 heterocycles. The van der Waals surface area contributed by atoms with E-state index in [4.69, 9.17) is 0 Å². The van der Waals surface area contributed by atoms with Crippen molar-refractivity contribution < 1.29 is 80.6 Å². The number of hydrogen-bond acceptors (Lipinski definition) is 4. The molecule has 0 radical (unpaired) electrons. The number of amides is 2. The van der Waals surface area contributed by atoms with E-state index < -0.39 is 85.9 Å². The average molecular weight is 566 g/mol. The van der Waals surface area contributed by atoms with E-state index in [-0.39, 0.29) is 6.42 Å². The van der Waals surface area contributed by atoms with Crippen LogP contribution in [0.25, 0.3) is 0 Å². The van der Waals surface area contributed by atoms with Crippen LogP contribution in [0, 0.1) is 0 Å². The molecule has 0 fully saturated rings. The SMILES string of the molecule is CCCOC(=O)C(CCCNC(=O)C(F)(F)C(F)(F)C(F)(F)F)NC(=O)C(F)(F)C(F)(F)C(F)(F)F. The zero-order valence-corrected chi connectivity index (χ0v) is 17.5. The molecule has 2 amide bonds. The van der Waals surface area contributed by atoms with Gasteiger partial charge in [0.05, 0.1) is 6.61 Å². The summed E-state index contributed by atoms with van der Waals surface area (Å²) in [4.78, 5) is 34.3. The minimum absolute atomic E-state index is 0.0489. The molecule has 20 heteroatoms. The van der Waals surface area contributed by atoms with Gasteiger partial charge in [0, 0.05) is 6.54 Å². The van der Waals surface area contributed by atoms with Crippen LogP contribution < -0.4 is 10.6 Å². The van der Waals surface area contributed by atoms with Crippen molar-refractivity contribution in [3.8, 4) is 0 Å². The van der Waals surface area contributed by atoms with Gasteiger partial charge >= 0.3 is 42.0 Å². The van der Waals surface area contributed by atoms with E-state index in [1.807, 2.05) is 0 Å². The van der Waals surface area contributed by atoms with Crippen molar-refractivity contribution in [3.05, 3.63) is 0 Å². The Morgan fingerprint density at radius 3 is 1.53 bits per heavy atom. The summed E-state index contributed by atoms with van der Waals surface area (Å²) in [5, 5.41) is 1.75. The van der Waals surface area contributed by atoms with E-state index >= 15 is 0 Å². The lowest BCUT2D eigenvalue weighted by atomic mass is 10.1. The molecule has 0 aromatic heterocycles. The van der Waals surface area contributed by atoms with Gasteiger partial charge < -0.3 is 15.4 Å². The Hall–Kier alpha value is -2.57. The number of halogens is 14. The van der Waals surface area contributed by atoms with E-state index in [0.717, 1.165) is 10.6 Å². The second kappa shape index (κ2) is 11.2. The van der Waals surface area contributed by atoms with Crippen molar-refractivity contribution in [1.29, 1.82) is 0 Å². The van der Waals surface area contributed by atoms with E-state index in [2.05, 4.69) is 4.74 Å². The highest BCUT2D eigenvalue weighted by atomic mass is 19.4. The molecule has 0 aliphatic carbocycles. The lowest BCUT2D eigenvalue weighted by Gasteiger charge is -2.28. The molecule has 212 valence electrons. The van der Waals surface area contributed by atoms with Gasteiger partial charge in [-0.25, -0.2) is 4.79 Å². The molecular weight excluding hydrogens is 550 g/mol. The van der Waals surface area contributed by atoms with Gasteiger partial charge in [-0.2, -0.15) is 61.5 Å². The summed E-state index contributed by atoms with van der Waals surface area (Å²) in [6.45, 7) is -0.383. The van der Waals surface area contributed by atoms with Gasteiger partial charge in [-0.3, -0.25) is 9.59 Å². The van der Waals surface area contributed by atoms with Crippen molar-refractivity contribution in [2.24, 2.45) is 0 Å². The minimum Gasteiger partial charge on any atom is -0.464 e. The first kappa shape index (κ1) is 33.4. The van der Waals surface area contributed by atoms with E-state index in [1.54, 1.807) is 0 Å². The average Bonchev–Trinajstić information content (AvgIpc) is 2.71. The number of esters is 1. The fourth-order valence-electron chi connectivity index (χ4n) is 2.06. The molecule has 1 unspecified atom stereocenters. The maximum absolute atomic E-state index is 13.5. The molecule has 2 N–H and O–H groups in total. The molecule has 0 aliphatic rings. The first-order valence-electron chi connectivity index (χ1n) is 9.30. The molecule has 6 nitrogen and oxygen atoms in total. The van der Waals surface area contributed by atoms with Crippen molar-refractivity contribution in [2.45, 2.75) is 68.3 Å². The van der Waals surface area contributed by atoms with Crippen LogP contribution in [-0.2, 0) is 19.1 Å². The molecular formula is C16H16F14N2O4. The van der Waals surface area contributed by atoms with Crippen LogP contribution in [0.15, 0.2) is 0 Å². The Labute approximate surface area is 191 Å². The Bertz CT molecular complexity index is 795. The zero-order valence-electron chi connectivity index (χ0n) is 17.5. The summed E-state index contributed by atoms with van der Waals surface area (Å²) < 4.78 is 182. The smallest absolute Gasteiger partial charge is 0.460 e. The van der Waals surface area contributed by atoms with Crippen LogP contribution in [-0.4, -0.2) is 73.0 Å². The van der Waals surface area contributed by atoms with Gasteiger partial charge in [-0.1, -0.05) is 6.92 Å². The highest BCUT2D eigenvalue weighted by Gasteiger charge is 2.77. The van der Waals surface area contributed by atoms with Gasteiger partial charge in [0.15, 0.2) is 0 Å². The normalized spacial score (nSPS) is 14.8. The number of ether oxygens (including phenoxy) is 1. The first-order valence-corrected chi connectivity index (χ1v) is 9.30. The Morgan fingerprint density at radius 2 is 1.14 bits per heavy atom. The predicted octanol–water partition coefficient (Wildman–Crippen LogP) is 3.99. The van der Waals surface area contributed by atoms with Gasteiger partial charge in [0.25, 0.3) is 11.8 Å². The third-order valence-corrected chi connectivity index (χ3v) is 4.06. The minimum atomic E-state index is -6.92. The van der Waals surface area contributed by atoms with Gasteiger partial charge in [0.2, 0.25) is 0 Å². The number of carbonyl (C=O) groups excluding carboxylic acids is 3. The lowest BCUT2D eigenvalue weighted by Crippen LogP contribution is -2.61. The Balaban J connectivity index is 5.45. The number of nitrogens with one attached hydrogen (secondary N) is 2. The highest BCUT2D eigenvalue weighted by Crippen LogP contribution is 2.47. The third kappa shape index (κ3) is 7.01. The van der Waals surface area contributed by atoms with Crippen molar-refractivity contribution >= 4 is 17.8 Å². The highest BCUT2D eigenvalue weighted by molar-refractivity contribution is 5.89. The third-order valence-electron chi connectivity index (χ3n) is 4.06. The zero-order chi connectivity index (χ0) is 29.0. The van der Waals surface area contributed by atoms with Crippen LogP contribution in [0.2, 0.25) is 0 Å². The van der Waals surface area contributed by atoms with Gasteiger partial charge in [0.1, 0.15) is 6.04 Å². The molecule has 0 aromatic rings. The maximum atomic E-state index is 13.5. The monoisotopic (exact) mass is 566 g/mol. The predicted molar refractivity (Wildman–Crippen MR) is 87.3 cm³/mol. The van der Waals surface area contributed by atoms with Crippen LogP contribution >= 0.6 is 0 Å². The Morgan fingerprint density at radius 1 is 0.722 bits per heavy atom. The molecule has 0 rings (SSSR count). The Kier molecular flexibility index (Phi) is 10.4. The molecule has 0 aliphatic heterocycles. The van der Waals surface area contributed by atoms with Crippen molar-refractivity contribution in [2.75, 3.05) is 13.2 Å². The molecule has 0 bridgehead atoms. The molecule has 0 spiro atoms. The standard InChI is InChI=1S/C16H16F14N2O4/c1-2-6-36-8(33)7(32-10(35)12(19,20)14(23,24)16(28,29)30)4-3-5-31-9(34)11(17,18)13(21,22)15(25,26)27/h7H,2-6H2,1H3,(H,31,34)(H,32,35). The first-order chi connectivity index (χ1) is 15.9. The molecule has 0 saturated heterocycles. The second-order valence-electron chi connectivity index (χ2n) is 6.88. The summed E-state index contributed by atoms with van der Waals surface area (Å²) in [6.07, 6.45) is -15.8. The molecule has 36 heavy (non-hydrogen) atoms. The quantitative estimate of drug-likeness (QED) is 0.213. The number of alkyl halides is 14. The summed E-state index contributed by atoms with van der Waals surface area (Å²) in [5.74, 6) is -34.7. The van der Waals surface area contributed by atoms with Crippen LogP contribution in [0.3, 0.4) is 0 Å². The second-order valence-corrected chi connectivity index (χ2v) is 6.88. The van der Waals surface area contributed by atoms with Crippen molar-refractivity contribution in [3.63, 3.8) is 0 Å². The summed E-state index contributed by atoms with van der Waals surface area (Å²) in [6, 6.07) is -2.45. The van der Waals surface area contributed by atoms with Crippen LogP contribution in [0.4, 0.5) is 61.5 Å². The van der Waals surface area contributed by atoms with Crippen LogP contribution in [0.5, 0.6) is 0 Å². The lowest BCUT2D eigenvalue weighted by molar-refractivity contribution is -0.344. The molecule has 1 atom stereocenters. The summed E-state index contributed by atoms with van der Waals surface area (Å²) >= 11 is 0. The van der Waals surface area contributed by atoms with Gasteiger partial charge in [-0.05, 0) is 19.3 Å². The topological polar surface area (TPSA) is 84.5 Å². The van der Waals surface area contributed by atoms with Gasteiger partial charge in [-0.15, -0.1) is 0 Å².